The van der Waals surface area contributed by atoms with Crippen LogP contribution in [0, 0.1) is 11.3 Å². The fraction of sp³-hybridized carbons (Fsp3) is 0.659. The monoisotopic (exact) mass is 707 g/mol. The van der Waals surface area contributed by atoms with Gasteiger partial charge in [-0.2, -0.15) is 0 Å². The second-order valence-corrected chi connectivity index (χ2v) is 15.6. The maximum absolute atomic E-state index is 14.1. The van der Waals surface area contributed by atoms with Gasteiger partial charge in [0.1, 0.15) is 0 Å². The third-order valence-corrected chi connectivity index (χ3v) is 10.2. The first-order valence-corrected chi connectivity index (χ1v) is 19.4. The van der Waals surface area contributed by atoms with Gasteiger partial charge in [-0.15, -0.1) is 0 Å². The van der Waals surface area contributed by atoms with E-state index in [1.165, 1.54) is 11.1 Å². The zero-order valence-corrected chi connectivity index (χ0v) is 32.3. The van der Waals surface area contributed by atoms with Crippen LogP contribution in [0.25, 0.3) is 0 Å². The molecule has 1 saturated heterocycles. The van der Waals surface area contributed by atoms with Crippen LogP contribution < -0.4 is 32.7 Å². The summed E-state index contributed by atoms with van der Waals surface area (Å²) in [6.45, 7) is 9.55. The van der Waals surface area contributed by atoms with E-state index in [2.05, 4.69) is 109 Å². The van der Waals surface area contributed by atoms with Crippen LogP contribution in [0.2, 0.25) is 0 Å². The number of rotatable bonds is 24. The van der Waals surface area contributed by atoms with Gasteiger partial charge >= 0.3 is 0 Å². The summed E-state index contributed by atoms with van der Waals surface area (Å²) in [5.41, 5.74) is 14.9. The van der Waals surface area contributed by atoms with Crippen molar-refractivity contribution in [2.24, 2.45) is 22.8 Å². The molecule has 1 aliphatic rings. The molecule has 10 heteroatoms. The molecule has 8 N–H and O–H groups in total. The fourth-order valence-electron chi connectivity index (χ4n) is 7.54. The number of nitrogens with zero attached hydrogens (tertiary/aromatic N) is 2. The molecule has 0 radical (unpaired) electrons. The van der Waals surface area contributed by atoms with Crippen molar-refractivity contribution in [3.8, 4) is 0 Å². The van der Waals surface area contributed by atoms with Crippen molar-refractivity contribution in [2.75, 3.05) is 67.0 Å². The Morgan fingerprint density at radius 3 is 2.00 bits per heavy atom. The highest BCUT2D eigenvalue weighted by molar-refractivity contribution is 5.82. The lowest BCUT2D eigenvalue weighted by Crippen LogP contribution is -2.55. The van der Waals surface area contributed by atoms with E-state index in [4.69, 9.17) is 11.5 Å². The van der Waals surface area contributed by atoms with Crippen LogP contribution in [0.3, 0.4) is 0 Å². The van der Waals surface area contributed by atoms with Crippen molar-refractivity contribution in [3.05, 3.63) is 71.8 Å². The lowest BCUT2D eigenvalue weighted by Gasteiger charge is -2.44. The van der Waals surface area contributed by atoms with E-state index >= 15 is 0 Å². The number of likely N-dealkylation sites (tertiary alicyclic amines) is 1. The van der Waals surface area contributed by atoms with Crippen molar-refractivity contribution in [1.29, 1.82) is 0 Å². The standard InChI is InChI=1S/C41H70N8O2/c1-32(2)24-36(46-29-37(26-34-16-10-7-11-17-34)45-28-35(43)25-33-14-8-6-9-15-33)30-47-38(18-12-13-21-42)40(51)49-22-19-41(20-23-49,31-48(4)5)27-39(50)44-3/h6-11,14-17,32,35-38,45-47H,12-13,18-31,42-43H2,1-5H3,(H,44,50)/t35?,36-,37-,38-/m1/s1. The number of carbonyl (C=O) groups is 2. The van der Waals surface area contributed by atoms with Crippen LogP contribution in [0.15, 0.2) is 60.7 Å². The topological polar surface area (TPSA) is 141 Å². The first-order chi connectivity index (χ1) is 24.5. The molecule has 0 saturated carbocycles. The number of hydrogen-bond acceptors (Lipinski definition) is 8. The number of benzene rings is 2. The van der Waals surface area contributed by atoms with E-state index in [9.17, 15) is 9.59 Å². The molecule has 10 nitrogen and oxygen atoms in total. The van der Waals surface area contributed by atoms with Crippen LogP contribution in [-0.4, -0.2) is 113 Å². The van der Waals surface area contributed by atoms with Gasteiger partial charge in [-0.25, -0.2) is 0 Å². The number of carbonyl (C=O) groups excluding carboxylic acids is 2. The number of nitrogens with one attached hydrogen (secondary N) is 4. The summed E-state index contributed by atoms with van der Waals surface area (Å²) in [5, 5.41) is 14.2. The van der Waals surface area contributed by atoms with Crippen molar-refractivity contribution in [3.63, 3.8) is 0 Å². The molecular formula is C41H70N8O2. The number of hydrogen-bond donors (Lipinski definition) is 6. The number of amides is 2. The molecule has 4 atom stereocenters. The van der Waals surface area contributed by atoms with E-state index in [0.717, 1.165) is 71.0 Å². The fourth-order valence-corrected chi connectivity index (χ4v) is 7.54. The van der Waals surface area contributed by atoms with Crippen LogP contribution in [0.4, 0.5) is 0 Å². The Morgan fingerprint density at radius 2 is 1.43 bits per heavy atom. The van der Waals surface area contributed by atoms with E-state index in [1.807, 2.05) is 11.0 Å². The lowest BCUT2D eigenvalue weighted by molar-refractivity contribution is -0.136. The van der Waals surface area contributed by atoms with Gasteiger partial charge in [0.25, 0.3) is 0 Å². The first kappa shape index (κ1) is 42.6. The smallest absolute Gasteiger partial charge is 0.239 e. The van der Waals surface area contributed by atoms with Crippen molar-refractivity contribution < 1.29 is 9.59 Å². The number of unbranched alkanes of at least 4 members (excludes halogenated alkanes) is 1. The van der Waals surface area contributed by atoms with Crippen molar-refractivity contribution >= 4 is 11.8 Å². The van der Waals surface area contributed by atoms with E-state index in [1.54, 1.807) is 7.05 Å². The molecule has 1 fully saturated rings. The zero-order valence-electron chi connectivity index (χ0n) is 32.3. The number of nitrogens with two attached hydrogens (primary N) is 2. The molecule has 1 aliphatic heterocycles. The third-order valence-electron chi connectivity index (χ3n) is 10.2. The summed E-state index contributed by atoms with van der Waals surface area (Å²) >= 11 is 0. The Bertz CT molecular complexity index is 1240. The van der Waals surface area contributed by atoms with Gasteiger partial charge in [0.05, 0.1) is 6.04 Å². The molecule has 0 spiro atoms. The van der Waals surface area contributed by atoms with Crippen LogP contribution >= 0.6 is 0 Å². The molecule has 2 aromatic carbocycles. The minimum absolute atomic E-state index is 0.0192. The van der Waals surface area contributed by atoms with Gasteiger partial charge in [-0.3, -0.25) is 9.59 Å². The van der Waals surface area contributed by atoms with Crippen LogP contribution in [0.5, 0.6) is 0 Å². The van der Waals surface area contributed by atoms with Gasteiger partial charge in [-0.1, -0.05) is 80.9 Å². The largest absolute Gasteiger partial charge is 0.359 e. The molecule has 1 unspecified atom stereocenters. The summed E-state index contributed by atoms with van der Waals surface area (Å²) < 4.78 is 0. The molecule has 51 heavy (non-hydrogen) atoms. The summed E-state index contributed by atoms with van der Waals surface area (Å²) in [5.74, 6) is 0.741. The molecule has 2 aromatic rings. The molecule has 3 rings (SSSR count). The minimum atomic E-state index is -0.262. The third kappa shape index (κ3) is 16.1. The van der Waals surface area contributed by atoms with Crippen molar-refractivity contribution in [2.45, 2.75) is 95.8 Å². The highest BCUT2D eigenvalue weighted by Crippen LogP contribution is 2.36. The Kier molecular flexibility index (Phi) is 19.1. The minimum Gasteiger partial charge on any atom is -0.359 e. The SMILES string of the molecule is CNC(=O)CC1(CN(C)C)CCN(C(=O)[C@@H](CCCCN)NC[C@@H](CC(C)C)NC[C@@H](Cc2ccccc2)NCC(N)Cc2ccccc2)CC1. The Morgan fingerprint density at radius 1 is 0.843 bits per heavy atom. The molecule has 2 amide bonds. The predicted molar refractivity (Wildman–Crippen MR) is 211 cm³/mol. The van der Waals surface area contributed by atoms with Gasteiger partial charge < -0.3 is 42.5 Å². The van der Waals surface area contributed by atoms with Gasteiger partial charge in [0.2, 0.25) is 11.8 Å². The Hall–Kier alpha value is -2.86. The normalized spacial score (nSPS) is 16.9. The Balaban J connectivity index is 1.65. The highest BCUT2D eigenvalue weighted by Gasteiger charge is 2.39. The molecule has 0 aliphatic carbocycles. The highest BCUT2D eigenvalue weighted by atomic mass is 16.2. The van der Waals surface area contributed by atoms with Crippen molar-refractivity contribution in [1.82, 2.24) is 31.1 Å². The lowest BCUT2D eigenvalue weighted by atomic mass is 9.74. The summed E-state index contributed by atoms with van der Waals surface area (Å²) in [6, 6.07) is 21.2. The molecule has 0 aromatic heterocycles. The summed E-state index contributed by atoms with van der Waals surface area (Å²) in [4.78, 5) is 30.7. The van der Waals surface area contributed by atoms with E-state index in [-0.39, 0.29) is 41.4 Å². The predicted octanol–water partition coefficient (Wildman–Crippen LogP) is 3.16. The van der Waals surface area contributed by atoms with E-state index < -0.39 is 0 Å². The van der Waals surface area contributed by atoms with Crippen LogP contribution in [-0.2, 0) is 22.4 Å². The quantitative estimate of drug-likeness (QED) is 0.0916. The second-order valence-electron chi connectivity index (χ2n) is 15.6. The van der Waals surface area contributed by atoms with Crippen LogP contribution in [0.1, 0.15) is 69.9 Å². The first-order valence-electron chi connectivity index (χ1n) is 19.4. The van der Waals surface area contributed by atoms with Gasteiger partial charge in [-0.05, 0) is 88.0 Å². The molecule has 0 bridgehead atoms. The number of piperidine rings is 1. The second kappa shape index (κ2) is 22.9. The van der Waals surface area contributed by atoms with E-state index in [0.29, 0.717) is 38.5 Å². The molecule has 1 heterocycles. The maximum Gasteiger partial charge on any atom is 0.239 e. The summed E-state index contributed by atoms with van der Waals surface area (Å²) in [6.07, 6.45) is 7.44. The average Bonchev–Trinajstić information content (AvgIpc) is 3.11. The Labute approximate surface area is 309 Å². The van der Waals surface area contributed by atoms with Gasteiger partial charge in [0.15, 0.2) is 0 Å². The maximum atomic E-state index is 14.1. The molecule has 286 valence electrons. The molecular weight excluding hydrogens is 637 g/mol. The zero-order chi connectivity index (χ0) is 37.1. The average molecular weight is 707 g/mol. The summed E-state index contributed by atoms with van der Waals surface area (Å²) in [7, 11) is 5.82. The van der Waals surface area contributed by atoms with Gasteiger partial charge in [0, 0.05) is 70.9 Å².